The first-order chi connectivity index (χ1) is 9.60. The number of benzene rings is 1. The van der Waals surface area contributed by atoms with E-state index in [2.05, 4.69) is 21.8 Å². The monoisotopic (exact) mass is 293 g/mol. The minimum Gasteiger partial charge on any atom is -0.383 e. The van der Waals surface area contributed by atoms with E-state index < -0.39 is 0 Å². The fraction of sp³-hybridized carbons (Fsp3) is 0.400. The van der Waals surface area contributed by atoms with Gasteiger partial charge in [0.25, 0.3) is 0 Å². The van der Waals surface area contributed by atoms with Gasteiger partial charge in [-0.2, -0.15) is 0 Å². The summed E-state index contributed by atoms with van der Waals surface area (Å²) in [6, 6.07) is 8.01. The number of rotatable bonds is 6. The lowest BCUT2D eigenvalue weighted by Crippen LogP contribution is -2.13. The Labute approximate surface area is 124 Å². The second-order valence-corrected chi connectivity index (χ2v) is 5.25. The first-order valence-corrected chi connectivity index (χ1v) is 7.02. The fourth-order valence-electron chi connectivity index (χ4n) is 2.05. The van der Waals surface area contributed by atoms with Gasteiger partial charge in [0.2, 0.25) is 5.95 Å². The van der Waals surface area contributed by atoms with Gasteiger partial charge in [0, 0.05) is 24.9 Å². The Hall–Kier alpha value is -1.52. The van der Waals surface area contributed by atoms with Gasteiger partial charge in [0.1, 0.15) is 0 Å². The summed E-state index contributed by atoms with van der Waals surface area (Å²) >= 11 is 5.91. The molecule has 1 N–H and O–H groups in total. The summed E-state index contributed by atoms with van der Waals surface area (Å²) in [5, 5.41) is 4.18. The number of nitrogens with zero attached hydrogens (tertiary/aromatic N) is 2. The lowest BCUT2D eigenvalue weighted by Gasteiger charge is -2.16. The topological polar surface area (TPSA) is 39.1 Å². The Morgan fingerprint density at radius 1 is 1.35 bits per heavy atom. The molecule has 4 nitrogen and oxygen atoms in total. The summed E-state index contributed by atoms with van der Waals surface area (Å²) in [5.74, 6) is 0.863. The average molecular weight is 294 g/mol. The number of ether oxygens (including phenoxy) is 1. The van der Waals surface area contributed by atoms with E-state index in [1.807, 2.05) is 37.4 Å². The van der Waals surface area contributed by atoms with Crippen LogP contribution in [-0.2, 0) is 11.3 Å². The average Bonchev–Trinajstić information content (AvgIpc) is 2.77. The van der Waals surface area contributed by atoms with Crippen molar-refractivity contribution in [3.05, 3.63) is 46.7 Å². The molecule has 0 saturated heterocycles. The van der Waals surface area contributed by atoms with Gasteiger partial charge in [-0.05, 0) is 31.5 Å². The summed E-state index contributed by atoms with van der Waals surface area (Å²) in [6.07, 6.45) is 2.02. The van der Waals surface area contributed by atoms with Crippen molar-refractivity contribution >= 4 is 17.5 Å². The number of nitrogens with one attached hydrogen (secondary N) is 1. The van der Waals surface area contributed by atoms with Gasteiger partial charge in [0.05, 0.1) is 18.3 Å². The van der Waals surface area contributed by atoms with Gasteiger partial charge >= 0.3 is 0 Å². The van der Waals surface area contributed by atoms with E-state index in [-0.39, 0.29) is 6.04 Å². The minimum atomic E-state index is 0.162. The van der Waals surface area contributed by atoms with E-state index in [1.165, 1.54) is 5.56 Å². The molecule has 0 aliphatic rings. The van der Waals surface area contributed by atoms with Crippen LogP contribution in [0.15, 0.2) is 30.5 Å². The number of aromatic nitrogens is 2. The van der Waals surface area contributed by atoms with Gasteiger partial charge in [0.15, 0.2) is 0 Å². The van der Waals surface area contributed by atoms with Gasteiger partial charge < -0.3 is 14.6 Å². The van der Waals surface area contributed by atoms with E-state index >= 15 is 0 Å². The molecule has 1 aromatic heterocycles. The van der Waals surface area contributed by atoms with Gasteiger partial charge in [-0.15, -0.1) is 0 Å². The van der Waals surface area contributed by atoms with E-state index in [4.69, 9.17) is 16.3 Å². The van der Waals surface area contributed by atoms with Crippen molar-refractivity contribution in [1.29, 1.82) is 0 Å². The molecule has 0 fully saturated rings. The minimum absolute atomic E-state index is 0.162. The molecule has 20 heavy (non-hydrogen) atoms. The quantitative estimate of drug-likeness (QED) is 0.883. The smallest absolute Gasteiger partial charge is 0.203 e. The first-order valence-electron chi connectivity index (χ1n) is 6.65. The van der Waals surface area contributed by atoms with Crippen LogP contribution in [0.2, 0.25) is 5.02 Å². The van der Waals surface area contributed by atoms with Crippen LogP contribution in [0.4, 0.5) is 5.95 Å². The van der Waals surface area contributed by atoms with Crippen LogP contribution in [0.5, 0.6) is 0 Å². The van der Waals surface area contributed by atoms with Crippen molar-refractivity contribution in [3.63, 3.8) is 0 Å². The number of methoxy groups -OCH3 is 1. The summed E-state index contributed by atoms with van der Waals surface area (Å²) in [6.45, 7) is 5.54. The number of hydrogen-bond donors (Lipinski definition) is 1. The maximum atomic E-state index is 5.91. The maximum absolute atomic E-state index is 5.91. The molecule has 0 aliphatic carbocycles. The van der Waals surface area contributed by atoms with Crippen molar-refractivity contribution in [2.24, 2.45) is 0 Å². The van der Waals surface area contributed by atoms with Crippen LogP contribution in [0.1, 0.15) is 24.2 Å². The van der Waals surface area contributed by atoms with E-state index in [1.54, 1.807) is 7.11 Å². The lowest BCUT2D eigenvalue weighted by atomic mass is 10.1. The Bertz CT molecular complexity index is 551. The van der Waals surface area contributed by atoms with Gasteiger partial charge in [-0.3, -0.25) is 0 Å². The molecule has 0 bridgehead atoms. The van der Waals surface area contributed by atoms with E-state index in [0.29, 0.717) is 6.61 Å². The Balaban J connectivity index is 2.10. The first kappa shape index (κ1) is 14.9. The molecule has 0 aliphatic heterocycles. The number of aryl methyl sites for hydroxylation is 1. The van der Waals surface area contributed by atoms with Crippen LogP contribution >= 0.6 is 11.6 Å². The molecule has 1 atom stereocenters. The molecule has 0 spiro atoms. The molecule has 2 rings (SSSR count). The number of imidazole rings is 1. The van der Waals surface area contributed by atoms with Crippen LogP contribution < -0.4 is 5.32 Å². The molecular formula is C15H20ClN3O. The summed E-state index contributed by atoms with van der Waals surface area (Å²) in [4.78, 5) is 4.52. The van der Waals surface area contributed by atoms with Crippen molar-refractivity contribution in [3.8, 4) is 0 Å². The second kappa shape index (κ2) is 6.77. The third kappa shape index (κ3) is 3.74. The zero-order valence-corrected chi connectivity index (χ0v) is 12.8. The molecule has 2 aromatic rings. The molecule has 1 unspecified atom stereocenters. The highest BCUT2D eigenvalue weighted by atomic mass is 35.5. The third-order valence-electron chi connectivity index (χ3n) is 3.15. The fourth-order valence-corrected chi connectivity index (χ4v) is 2.18. The maximum Gasteiger partial charge on any atom is 0.203 e. The predicted molar refractivity (Wildman–Crippen MR) is 82.3 cm³/mol. The molecule has 1 aromatic carbocycles. The van der Waals surface area contributed by atoms with Crippen molar-refractivity contribution in [2.75, 3.05) is 19.0 Å². The second-order valence-electron chi connectivity index (χ2n) is 4.81. The van der Waals surface area contributed by atoms with E-state index in [0.717, 1.165) is 23.2 Å². The lowest BCUT2D eigenvalue weighted by molar-refractivity contribution is 0.187. The molecule has 5 heteroatoms. The molecule has 0 amide bonds. The van der Waals surface area contributed by atoms with Crippen LogP contribution in [0.3, 0.4) is 0 Å². The number of anilines is 1. The zero-order chi connectivity index (χ0) is 14.5. The molecule has 0 saturated carbocycles. The molecule has 108 valence electrons. The molecular weight excluding hydrogens is 274 g/mol. The highest BCUT2D eigenvalue weighted by molar-refractivity contribution is 6.30. The molecule has 0 radical (unpaired) electrons. The van der Waals surface area contributed by atoms with Gasteiger partial charge in [-0.1, -0.05) is 23.7 Å². The summed E-state index contributed by atoms with van der Waals surface area (Å²) < 4.78 is 7.20. The predicted octanol–water partition coefficient (Wildman–Crippen LogP) is 3.66. The van der Waals surface area contributed by atoms with Crippen LogP contribution in [0, 0.1) is 6.92 Å². The van der Waals surface area contributed by atoms with Gasteiger partial charge in [-0.25, -0.2) is 4.98 Å². The summed E-state index contributed by atoms with van der Waals surface area (Å²) in [7, 11) is 1.70. The Morgan fingerprint density at radius 3 is 2.70 bits per heavy atom. The van der Waals surface area contributed by atoms with Crippen molar-refractivity contribution in [2.45, 2.75) is 26.4 Å². The van der Waals surface area contributed by atoms with Crippen molar-refractivity contribution in [1.82, 2.24) is 9.55 Å². The van der Waals surface area contributed by atoms with E-state index in [9.17, 15) is 0 Å². The number of hydrogen-bond acceptors (Lipinski definition) is 3. The molecule has 1 heterocycles. The number of halogens is 1. The largest absolute Gasteiger partial charge is 0.383 e. The normalized spacial score (nSPS) is 12.4. The highest BCUT2D eigenvalue weighted by Crippen LogP contribution is 2.20. The van der Waals surface area contributed by atoms with Crippen molar-refractivity contribution < 1.29 is 4.74 Å². The summed E-state index contributed by atoms with van der Waals surface area (Å²) in [5.41, 5.74) is 2.17. The Kier molecular flexibility index (Phi) is 5.04. The Morgan fingerprint density at radius 2 is 2.05 bits per heavy atom. The van der Waals surface area contributed by atoms with Crippen LogP contribution in [-0.4, -0.2) is 23.3 Å². The SMILES string of the molecule is COCCn1cc(C)nc1NC(C)c1ccc(Cl)cc1. The highest BCUT2D eigenvalue weighted by Gasteiger charge is 2.10. The third-order valence-corrected chi connectivity index (χ3v) is 3.40. The standard InChI is InChI=1S/C15H20ClN3O/c1-11-10-19(8-9-20-3)15(17-11)18-12(2)13-4-6-14(16)7-5-13/h4-7,10,12H,8-9H2,1-3H3,(H,17,18). The van der Waals surface area contributed by atoms with Crippen LogP contribution in [0.25, 0.3) is 0 Å². The zero-order valence-electron chi connectivity index (χ0n) is 12.1.